The molecule has 5 N–H and O–H groups in total. The number of likely N-dealkylation sites (N-methyl/N-ethyl adjacent to an activating group) is 1. The Kier molecular flexibility index (Phi) is 10.1. The Morgan fingerprint density at radius 1 is 1.03 bits per heavy atom. The molecule has 0 fully saturated rings. The van der Waals surface area contributed by atoms with Gasteiger partial charge in [0.15, 0.2) is 0 Å². The van der Waals surface area contributed by atoms with Gasteiger partial charge in [0, 0.05) is 20.0 Å². The topological polar surface area (TPSA) is 125 Å². The zero-order valence-corrected chi connectivity index (χ0v) is 20.7. The van der Waals surface area contributed by atoms with Crippen molar-refractivity contribution in [3.8, 4) is 5.75 Å². The summed E-state index contributed by atoms with van der Waals surface area (Å²) in [4.78, 5) is 41.0. The fourth-order valence-corrected chi connectivity index (χ4v) is 4.20. The number of aromatic hydroxyl groups is 1. The van der Waals surface area contributed by atoms with Gasteiger partial charge in [-0.1, -0.05) is 54.6 Å². The number of rotatable bonds is 5. The summed E-state index contributed by atoms with van der Waals surface area (Å²) < 4.78 is 0. The van der Waals surface area contributed by atoms with Crippen LogP contribution in [0.15, 0.2) is 66.7 Å². The van der Waals surface area contributed by atoms with E-state index in [0.717, 1.165) is 24.0 Å². The van der Waals surface area contributed by atoms with Crippen molar-refractivity contribution >= 4 is 17.7 Å². The first kappa shape index (κ1) is 26.9. The molecule has 3 atom stereocenters. The van der Waals surface area contributed by atoms with Crippen molar-refractivity contribution in [1.82, 2.24) is 15.5 Å². The average Bonchev–Trinajstić information content (AvgIpc) is 2.89. The van der Waals surface area contributed by atoms with E-state index in [1.165, 1.54) is 17.0 Å². The fourth-order valence-electron chi connectivity index (χ4n) is 4.20. The van der Waals surface area contributed by atoms with Gasteiger partial charge in [-0.05, 0) is 55.4 Å². The molecular formula is C28H36N4O4. The van der Waals surface area contributed by atoms with Crippen LogP contribution < -0.4 is 16.4 Å². The highest BCUT2D eigenvalue weighted by Crippen LogP contribution is 2.16. The van der Waals surface area contributed by atoms with E-state index in [1.54, 1.807) is 19.2 Å². The third kappa shape index (κ3) is 7.95. The first-order valence-electron chi connectivity index (χ1n) is 12.4. The van der Waals surface area contributed by atoms with Gasteiger partial charge in [0.25, 0.3) is 0 Å². The van der Waals surface area contributed by atoms with Gasteiger partial charge in [-0.15, -0.1) is 0 Å². The SMILES string of the molecule is CN1C(=O)[C@@H](N)CCC/C=C/CC[C@@H](C(=O)NCc2ccccc2)NC(=O)[C@@H]1Cc1ccc(O)cc1. The largest absolute Gasteiger partial charge is 0.508 e. The first-order chi connectivity index (χ1) is 17.3. The minimum Gasteiger partial charge on any atom is -0.508 e. The smallest absolute Gasteiger partial charge is 0.243 e. The normalized spacial score (nSPS) is 22.8. The zero-order chi connectivity index (χ0) is 25.9. The summed E-state index contributed by atoms with van der Waals surface area (Å²) >= 11 is 0. The molecule has 8 heteroatoms. The Bertz CT molecular complexity index is 1040. The van der Waals surface area contributed by atoms with Gasteiger partial charge in [0.05, 0.1) is 6.04 Å². The summed E-state index contributed by atoms with van der Waals surface area (Å²) in [6, 6.07) is 13.7. The second kappa shape index (κ2) is 13.4. The lowest BCUT2D eigenvalue weighted by Crippen LogP contribution is -2.56. The van der Waals surface area contributed by atoms with E-state index in [9.17, 15) is 19.5 Å². The van der Waals surface area contributed by atoms with E-state index in [4.69, 9.17) is 5.73 Å². The number of benzene rings is 2. The van der Waals surface area contributed by atoms with Crippen LogP contribution in [0.3, 0.4) is 0 Å². The monoisotopic (exact) mass is 492 g/mol. The van der Waals surface area contributed by atoms with Crippen molar-refractivity contribution in [1.29, 1.82) is 0 Å². The van der Waals surface area contributed by atoms with Crippen LogP contribution in [0.5, 0.6) is 5.75 Å². The Hall–Kier alpha value is -3.65. The molecule has 192 valence electrons. The molecule has 0 radical (unpaired) electrons. The summed E-state index contributed by atoms with van der Waals surface area (Å²) in [5.74, 6) is -0.905. The minimum absolute atomic E-state index is 0.115. The Labute approximate surface area is 212 Å². The molecule has 0 aliphatic carbocycles. The second-order valence-electron chi connectivity index (χ2n) is 9.19. The number of allylic oxidation sites excluding steroid dienone is 2. The molecule has 36 heavy (non-hydrogen) atoms. The summed E-state index contributed by atoms with van der Waals surface area (Å²) in [7, 11) is 1.57. The Morgan fingerprint density at radius 3 is 2.44 bits per heavy atom. The number of carbonyl (C=O) groups is 3. The molecule has 1 heterocycles. The summed E-state index contributed by atoms with van der Waals surface area (Å²) in [5, 5.41) is 15.4. The summed E-state index contributed by atoms with van der Waals surface area (Å²) in [6.45, 7) is 0.353. The molecule has 0 saturated heterocycles. The van der Waals surface area contributed by atoms with E-state index in [2.05, 4.69) is 10.6 Å². The third-order valence-corrected chi connectivity index (χ3v) is 6.42. The Balaban J connectivity index is 1.82. The molecule has 1 aliphatic rings. The fraction of sp³-hybridized carbons (Fsp3) is 0.393. The average molecular weight is 493 g/mol. The number of phenolic OH excluding ortho intramolecular Hbond substituents is 1. The molecule has 3 amide bonds. The highest BCUT2D eigenvalue weighted by molar-refractivity contribution is 5.93. The molecule has 2 aromatic carbocycles. The van der Waals surface area contributed by atoms with E-state index in [1.807, 2.05) is 42.5 Å². The van der Waals surface area contributed by atoms with Gasteiger partial charge in [-0.25, -0.2) is 0 Å². The zero-order valence-electron chi connectivity index (χ0n) is 20.7. The molecule has 0 unspecified atom stereocenters. The second-order valence-corrected chi connectivity index (χ2v) is 9.19. The maximum Gasteiger partial charge on any atom is 0.243 e. The molecular weight excluding hydrogens is 456 g/mol. The van der Waals surface area contributed by atoms with Gasteiger partial charge in [0.1, 0.15) is 17.8 Å². The van der Waals surface area contributed by atoms with Crippen LogP contribution in [-0.4, -0.2) is 52.9 Å². The number of nitrogens with one attached hydrogen (secondary N) is 2. The van der Waals surface area contributed by atoms with E-state index < -0.39 is 24.0 Å². The highest BCUT2D eigenvalue weighted by atomic mass is 16.3. The van der Waals surface area contributed by atoms with Crippen LogP contribution in [0.2, 0.25) is 0 Å². The number of nitrogens with two attached hydrogens (primary N) is 1. The number of hydrogen-bond acceptors (Lipinski definition) is 5. The molecule has 0 spiro atoms. The van der Waals surface area contributed by atoms with Crippen molar-refractivity contribution < 1.29 is 19.5 Å². The van der Waals surface area contributed by atoms with Gasteiger partial charge < -0.3 is 26.4 Å². The molecule has 0 bridgehead atoms. The van der Waals surface area contributed by atoms with Gasteiger partial charge in [-0.3, -0.25) is 14.4 Å². The van der Waals surface area contributed by atoms with Crippen LogP contribution in [0.25, 0.3) is 0 Å². The molecule has 0 aromatic heterocycles. The quantitative estimate of drug-likeness (QED) is 0.477. The predicted molar refractivity (Wildman–Crippen MR) is 139 cm³/mol. The van der Waals surface area contributed by atoms with Crippen LogP contribution >= 0.6 is 0 Å². The number of carbonyl (C=O) groups excluding carboxylic acids is 3. The lowest BCUT2D eigenvalue weighted by Gasteiger charge is -2.31. The van der Waals surface area contributed by atoms with Gasteiger partial charge in [-0.2, -0.15) is 0 Å². The lowest BCUT2D eigenvalue weighted by molar-refractivity contribution is -0.141. The number of amides is 3. The molecule has 1 aliphatic heterocycles. The van der Waals surface area contributed by atoms with Crippen LogP contribution in [0.1, 0.15) is 43.2 Å². The summed E-state index contributed by atoms with van der Waals surface area (Å²) in [6.07, 6.45) is 7.39. The molecule has 8 nitrogen and oxygen atoms in total. The molecule has 3 rings (SSSR count). The maximum atomic E-state index is 13.5. The van der Waals surface area contributed by atoms with Crippen molar-refractivity contribution in [2.45, 2.75) is 63.2 Å². The van der Waals surface area contributed by atoms with E-state index >= 15 is 0 Å². The van der Waals surface area contributed by atoms with E-state index in [-0.39, 0.29) is 24.0 Å². The van der Waals surface area contributed by atoms with Crippen LogP contribution in [-0.2, 0) is 27.3 Å². The number of hydrogen-bond donors (Lipinski definition) is 4. The van der Waals surface area contributed by atoms with E-state index in [0.29, 0.717) is 25.8 Å². The maximum absolute atomic E-state index is 13.5. The van der Waals surface area contributed by atoms with Crippen molar-refractivity contribution in [2.24, 2.45) is 5.73 Å². The van der Waals surface area contributed by atoms with Crippen molar-refractivity contribution in [2.75, 3.05) is 7.05 Å². The standard InChI is InChI=1S/C28H36N4O4/c1-32-25(18-20-14-16-22(33)17-15-20)27(35)31-24(26(34)30-19-21-10-6-5-7-11-21)13-9-4-2-3-8-12-23(29)28(32)36/h2,4-7,10-11,14-17,23-25,33H,3,8-9,12-13,18-19,29H2,1H3,(H,30,34)(H,31,35)/b4-2+/t23-,24-,25-/m0/s1. The number of phenols is 1. The Morgan fingerprint density at radius 2 is 1.72 bits per heavy atom. The predicted octanol–water partition coefficient (Wildman–Crippen LogP) is 2.41. The van der Waals surface area contributed by atoms with Crippen molar-refractivity contribution in [3.63, 3.8) is 0 Å². The van der Waals surface area contributed by atoms with Gasteiger partial charge in [0.2, 0.25) is 17.7 Å². The number of nitrogens with zero attached hydrogens (tertiary/aromatic N) is 1. The van der Waals surface area contributed by atoms with Crippen molar-refractivity contribution in [3.05, 3.63) is 77.9 Å². The molecule has 0 saturated carbocycles. The molecule has 2 aromatic rings. The summed E-state index contributed by atoms with van der Waals surface area (Å²) in [5.41, 5.74) is 7.90. The van der Waals surface area contributed by atoms with Crippen LogP contribution in [0, 0.1) is 0 Å². The van der Waals surface area contributed by atoms with Gasteiger partial charge >= 0.3 is 0 Å². The third-order valence-electron chi connectivity index (χ3n) is 6.42. The first-order valence-corrected chi connectivity index (χ1v) is 12.4. The van der Waals surface area contributed by atoms with Crippen LogP contribution in [0.4, 0.5) is 0 Å². The lowest BCUT2D eigenvalue weighted by atomic mass is 10.0. The minimum atomic E-state index is -0.865. The highest BCUT2D eigenvalue weighted by Gasteiger charge is 2.32.